The van der Waals surface area contributed by atoms with Crippen LogP contribution in [0, 0.1) is 5.92 Å². The van der Waals surface area contributed by atoms with Crippen molar-refractivity contribution in [2.75, 3.05) is 18.6 Å². The van der Waals surface area contributed by atoms with E-state index in [0.29, 0.717) is 17.0 Å². The zero-order chi connectivity index (χ0) is 21.3. The highest BCUT2D eigenvalue weighted by Crippen LogP contribution is 2.29. The number of ether oxygens (including phenoxy) is 2. The molecule has 2 aromatic rings. The highest BCUT2D eigenvalue weighted by molar-refractivity contribution is 6.02. The third-order valence-electron chi connectivity index (χ3n) is 5.87. The maximum atomic E-state index is 12.7. The number of carbonyl (C=O) groups excluding carboxylic acids is 3. The van der Waals surface area contributed by atoms with Gasteiger partial charge in [-0.25, -0.2) is 0 Å². The summed E-state index contributed by atoms with van der Waals surface area (Å²) in [6.45, 7) is 1.81. The molecule has 2 atom stereocenters. The molecule has 1 saturated heterocycles. The number of esters is 1. The zero-order valence-electron chi connectivity index (χ0n) is 17.2. The van der Waals surface area contributed by atoms with Crippen molar-refractivity contribution in [2.24, 2.45) is 5.92 Å². The summed E-state index contributed by atoms with van der Waals surface area (Å²) in [5, 5.41) is 0. The lowest BCUT2D eigenvalue weighted by Crippen LogP contribution is -2.30. The molecule has 1 aliphatic carbocycles. The Morgan fingerprint density at radius 2 is 1.90 bits per heavy atom. The number of anilines is 1. The monoisotopic (exact) mass is 407 g/mol. The molecule has 0 radical (unpaired) electrons. The van der Waals surface area contributed by atoms with E-state index >= 15 is 0 Å². The summed E-state index contributed by atoms with van der Waals surface area (Å²) in [4.78, 5) is 39.4. The summed E-state index contributed by atoms with van der Waals surface area (Å²) < 4.78 is 10.7. The molecule has 6 heteroatoms. The summed E-state index contributed by atoms with van der Waals surface area (Å²) in [5.74, 6) is -0.843. The first-order chi connectivity index (χ1) is 14.5. The predicted octanol–water partition coefficient (Wildman–Crippen LogP) is 3.35. The second kappa shape index (κ2) is 8.30. The molecule has 0 bridgehead atoms. The first-order valence-corrected chi connectivity index (χ1v) is 10.3. The van der Waals surface area contributed by atoms with E-state index in [1.165, 1.54) is 11.1 Å². The molecule has 0 aromatic heterocycles. The van der Waals surface area contributed by atoms with E-state index in [9.17, 15) is 14.4 Å². The minimum atomic E-state index is -0.891. The third-order valence-corrected chi connectivity index (χ3v) is 5.87. The lowest BCUT2D eigenvalue weighted by Gasteiger charge is -2.18. The maximum absolute atomic E-state index is 12.7. The van der Waals surface area contributed by atoms with E-state index in [2.05, 4.69) is 0 Å². The van der Waals surface area contributed by atoms with E-state index < -0.39 is 18.0 Å². The van der Waals surface area contributed by atoms with Crippen LogP contribution in [0.2, 0.25) is 0 Å². The number of ketones is 1. The standard InChI is InChI=1S/C24H25NO5/c1-15(23(27)18-10-9-16-5-3-6-17(16)11-18)30-24(28)19-12-22(26)25(14-19)20-7-4-8-21(13-20)29-2/h4,7-11,13,15,19H,3,5-6,12,14H2,1-2H3. The van der Waals surface area contributed by atoms with Crippen molar-refractivity contribution in [3.8, 4) is 5.75 Å². The SMILES string of the molecule is COc1cccc(N2CC(C(=O)OC(C)C(=O)c3ccc4c(c3)CCC4)CC2=O)c1. The van der Waals surface area contributed by atoms with Crippen LogP contribution in [0.5, 0.6) is 5.75 Å². The van der Waals surface area contributed by atoms with Crippen molar-refractivity contribution in [3.05, 3.63) is 59.2 Å². The number of methoxy groups -OCH3 is 1. The Balaban J connectivity index is 1.40. The van der Waals surface area contributed by atoms with E-state index in [-0.39, 0.29) is 24.7 Å². The van der Waals surface area contributed by atoms with Crippen LogP contribution in [0.15, 0.2) is 42.5 Å². The highest BCUT2D eigenvalue weighted by Gasteiger charge is 2.37. The fraction of sp³-hybridized carbons (Fsp3) is 0.375. The van der Waals surface area contributed by atoms with E-state index in [4.69, 9.17) is 9.47 Å². The van der Waals surface area contributed by atoms with Gasteiger partial charge in [0.2, 0.25) is 11.7 Å². The van der Waals surface area contributed by atoms with Crippen molar-refractivity contribution in [3.63, 3.8) is 0 Å². The Kier molecular flexibility index (Phi) is 5.57. The largest absolute Gasteiger partial charge is 0.497 e. The molecule has 6 nitrogen and oxygen atoms in total. The van der Waals surface area contributed by atoms with Gasteiger partial charge in [0.05, 0.1) is 13.0 Å². The van der Waals surface area contributed by atoms with E-state index in [1.54, 1.807) is 49.3 Å². The van der Waals surface area contributed by atoms with Crippen molar-refractivity contribution in [2.45, 2.75) is 38.7 Å². The van der Waals surface area contributed by atoms with E-state index in [0.717, 1.165) is 19.3 Å². The zero-order valence-corrected chi connectivity index (χ0v) is 17.2. The number of rotatable bonds is 6. The molecule has 4 rings (SSSR count). The van der Waals surface area contributed by atoms with Crippen LogP contribution in [0.4, 0.5) is 5.69 Å². The van der Waals surface area contributed by atoms with Gasteiger partial charge in [-0.3, -0.25) is 14.4 Å². The minimum absolute atomic E-state index is 0.0653. The topological polar surface area (TPSA) is 72.9 Å². The number of aryl methyl sites for hydroxylation is 2. The minimum Gasteiger partial charge on any atom is -0.497 e. The summed E-state index contributed by atoms with van der Waals surface area (Å²) >= 11 is 0. The Labute approximate surface area is 175 Å². The van der Waals surface area contributed by atoms with Crippen LogP contribution in [-0.4, -0.2) is 37.4 Å². The molecule has 0 N–H and O–H groups in total. The third kappa shape index (κ3) is 3.95. The highest BCUT2D eigenvalue weighted by atomic mass is 16.5. The summed E-state index contributed by atoms with van der Waals surface area (Å²) in [7, 11) is 1.56. The lowest BCUT2D eigenvalue weighted by atomic mass is 10.0. The van der Waals surface area contributed by atoms with Crippen LogP contribution < -0.4 is 9.64 Å². The van der Waals surface area contributed by atoms with Gasteiger partial charge in [-0.2, -0.15) is 0 Å². The maximum Gasteiger partial charge on any atom is 0.312 e. The summed E-state index contributed by atoms with van der Waals surface area (Å²) in [5.41, 5.74) is 3.74. The number of fused-ring (bicyclic) bond motifs is 1. The number of benzene rings is 2. The van der Waals surface area contributed by atoms with Gasteiger partial charge in [-0.1, -0.05) is 18.2 Å². The lowest BCUT2D eigenvalue weighted by molar-refractivity contribution is -0.151. The van der Waals surface area contributed by atoms with Gasteiger partial charge in [0.15, 0.2) is 6.10 Å². The van der Waals surface area contributed by atoms with Crippen LogP contribution >= 0.6 is 0 Å². The Hall–Kier alpha value is -3.15. The van der Waals surface area contributed by atoms with Gasteiger partial charge in [0.25, 0.3) is 0 Å². The molecular weight excluding hydrogens is 382 g/mol. The number of amides is 1. The van der Waals surface area contributed by atoms with Crippen LogP contribution in [-0.2, 0) is 27.2 Å². The Bertz CT molecular complexity index is 999. The van der Waals surface area contributed by atoms with Gasteiger partial charge in [-0.05, 0) is 55.5 Å². The second-order valence-corrected chi connectivity index (χ2v) is 7.89. The smallest absolute Gasteiger partial charge is 0.312 e. The number of nitrogens with zero attached hydrogens (tertiary/aromatic N) is 1. The number of carbonyl (C=O) groups is 3. The quantitative estimate of drug-likeness (QED) is 0.542. The molecule has 1 fully saturated rings. The summed E-state index contributed by atoms with van der Waals surface area (Å²) in [6.07, 6.45) is 2.31. The van der Waals surface area contributed by atoms with Gasteiger partial charge in [0.1, 0.15) is 5.75 Å². The first kappa shape index (κ1) is 20.1. The van der Waals surface area contributed by atoms with Crippen LogP contribution in [0.25, 0.3) is 0 Å². The number of hydrogen-bond acceptors (Lipinski definition) is 5. The number of Topliss-reactive ketones (excluding diaryl/α,β-unsaturated/α-hetero) is 1. The predicted molar refractivity (Wildman–Crippen MR) is 112 cm³/mol. The van der Waals surface area contributed by atoms with Gasteiger partial charge < -0.3 is 14.4 Å². The van der Waals surface area contributed by atoms with Crippen LogP contribution in [0.3, 0.4) is 0 Å². The molecule has 2 aliphatic rings. The summed E-state index contributed by atoms with van der Waals surface area (Å²) in [6, 6.07) is 12.9. The average Bonchev–Trinajstić information content (AvgIpc) is 3.39. The number of hydrogen-bond donors (Lipinski definition) is 0. The van der Waals surface area contributed by atoms with Gasteiger partial charge in [-0.15, -0.1) is 0 Å². The fourth-order valence-electron chi connectivity index (χ4n) is 4.18. The molecule has 1 amide bonds. The molecule has 2 aromatic carbocycles. The van der Waals surface area contributed by atoms with Crippen molar-refractivity contribution in [1.29, 1.82) is 0 Å². The molecule has 1 aliphatic heterocycles. The molecule has 0 spiro atoms. The van der Waals surface area contributed by atoms with Gasteiger partial charge >= 0.3 is 5.97 Å². The van der Waals surface area contributed by atoms with Gasteiger partial charge in [0, 0.05) is 30.3 Å². The van der Waals surface area contributed by atoms with Crippen LogP contribution in [0.1, 0.15) is 41.3 Å². The molecule has 30 heavy (non-hydrogen) atoms. The second-order valence-electron chi connectivity index (χ2n) is 7.89. The van der Waals surface area contributed by atoms with E-state index in [1.807, 2.05) is 12.1 Å². The first-order valence-electron chi connectivity index (χ1n) is 10.3. The molecule has 0 saturated carbocycles. The molecular formula is C24H25NO5. The molecule has 2 unspecified atom stereocenters. The Morgan fingerprint density at radius 1 is 1.10 bits per heavy atom. The average molecular weight is 407 g/mol. The molecule has 156 valence electrons. The molecule has 1 heterocycles. The Morgan fingerprint density at radius 3 is 2.70 bits per heavy atom. The van der Waals surface area contributed by atoms with Crippen molar-refractivity contribution >= 4 is 23.3 Å². The fourth-order valence-corrected chi connectivity index (χ4v) is 4.18. The normalized spacial score (nSPS) is 18.8. The van der Waals surface area contributed by atoms with Crippen molar-refractivity contribution < 1.29 is 23.9 Å². The van der Waals surface area contributed by atoms with Crippen molar-refractivity contribution in [1.82, 2.24) is 0 Å².